The van der Waals surface area contributed by atoms with Crippen LogP contribution in [-0.2, 0) is 25.6 Å². The normalized spacial score (nSPS) is 14.6. The van der Waals surface area contributed by atoms with Crippen molar-refractivity contribution in [2.45, 2.75) is 50.9 Å². The fourth-order valence-electron chi connectivity index (χ4n) is 3.62. The molecule has 0 saturated heterocycles. The highest BCUT2D eigenvalue weighted by Crippen LogP contribution is 2.19. The van der Waals surface area contributed by atoms with Crippen molar-refractivity contribution in [3.05, 3.63) is 36.0 Å². The van der Waals surface area contributed by atoms with Crippen molar-refractivity contribution in [1.82, 2.24) is 20.9 Å². The van der Waals surface area contributed by atoms with Crippen LogP contribution in [0, 0.1) is 5.92 Å². The number of carbonyl (C=O) groups is 4. The van der Waals surface area contributed by atoms with E-state index >= 15 is 0 Å². The Bertz CT molecular complexity index is 1060. The number of aliphatic hydroxyl groups is 1. The fourth-order valence-corrected chi connectivity index (χ4v) is 4.11. The highest BCUT2D eigenvalue weighted by molar-refractivity contribution is 7.98. The van der Waals surface area contributed by atoms with Crippen LogP contribution in [0.2, 0.25) is 0 Å². The van der Waals surface area contributed by atoms with Gasteiger partial charge in [0.25, 0.3) is 0 Å². The zero-order valence-corrected chi connectivity index (χ0v) is 21.4. The second kappa shape index (κ2) is 13.9. The first kappa shape index (κ1) is 29.1. The number of nitrogens with one attached hydrogen (secondary N) is 4. The highest BCUT2D eigenvalue weighted by atomic mass is 32.2. The number of carboxylic acid groups (broad SMARTS) is 1. The molecule has 0 fully saturated rings. The number of H-pyrrole nitrogens is 1. The molecule has 0 aliphatic carbocycles. The molecular weight excluding hydrogens is 486 g/mol. The van der Waals surface area contributed by atoms with Gasteiger partial charge in [0.2, 0.25) is 17.7 Å². The Balaban J connectivity index is 2.26. The van der Waals surface area contributed by atoms with E-state index in [0.717, 1.165) is 16.5 Å². The summed E-state index contributed by atoms with van der Waals surface area (Å²) in [4.78, 5) is 53.2. The number of carboxylic acids is 1. The Kier molecular flexibility index (Phi) is 11.2. The maximum absolute atomic E-state index is 13.4. The van der Waals surface area contributed by atoms with E-state index in [0.29, 0.717) is 12.2 Å². The second-order valence-electron chi connectivity index (χ2n) is 8.83. The number of carbonyl (C=O) groups excluding carboxylic acids is 3. The Labute approximate surface area is 214 Å². The predicted molar refractivity (Wildman–Crippen MR) is 138 cm³/mol. The first-order valence-corrected chi connectivity index (χ1v) is 13.0. The van der Waals surface area contributed by atoms with Crippen molar-refractivity contribution < 1.29 is 29.4 Å². The molecule has 2 rings (SSSR count). The van der Waals surface area contributed by atoms with Gasteiger partial charge in [-0.2, -0.15) is 11.8 Å². The number of aliphatic hydroxyl groups excluding tert-OH is 1. The molecule has 36 heavy (non-hydrogen) atoms. The van der Waals surface area contributed by atoms with Crippen molar-refractivity contribution in [3.63, 3.8) is 0 Å². The molecule has 4 unspecified atom stereocenters. The summed E-state index contributed by atoms with van der Waals surface area (Å²) in [5.74, 6) is -2.98. The summed E-state index contributed by atoms with van der Waals surface area (Å²) in [6.07, 6.45) is 4.23. The van der Waals surface area contributed by atoms with E-state index in [-0.39, 0.29) is 6.42 Å². The third kappa shape index (κ3) is 7.97. The predicted octanol–water partition coefficient (Wildman–Crippen LogP) is -0.0219. The molecular formula is C24H35N5O6S. The number of aromatic nitrogens is 1. The molecule has 3 amide bonds. The van der Waals surface area contributed by atoms with Gasteiger partial charge in [0.15, 0.2) is 0 Å². The number of thioether (sulfide) groups is 1. The maximum Gasteiger partial charge on any atom is 0.328 e. The van der Waals surface area contributed by atoms with E-state index in [1.54, 1.807) is 31.8 Å². The highest BCUT2D eigenvalue weighted by Gasteiger charge is 2.32. The lowest BCUT2D eigenvalue weighted by Gasteiger charge is -2.27. The van der Waals surface area contributed by atoms with Crippen LogP contribution in [0.3, 0.4) is 0 Å². The van der Waals surface area contributed by atoms with Gasteiger partial charge in [0.1, 0.15) is 18.1 Å². The lowest BCUT2D eigenvalue weighted by Crippen LogP contribution is -2.59. The van der Waals surface area contributed by atoms with Crippen molar-refractivity contribution in [2.24, 2.45) is 11.7 Å². The quantitative estimate of drug-likeness (QED) is 0.181. The number of amides is 3. The van der Waals surface area contributed by atoms with Gasteiger partial charge in [0, 0.05) is 23.5 Å². The van der Waals surface area contributed by atoms with E-state index < -0.39 is 60.4 Å². The monoisotopic (exact) mass is 521 g/mol. The number of aliphatic carboxylic acids is 1. The average molecular weight is 522 g/mol. The molecule has 0 aliphatic rings. The number of para-hydroxylation sites is 1. The molecule has 1 aromatic carbocycles. The van der Waals surface area contributed by atoms with Crippen LogP contribution in [0.15, 0.2) is 30.5 Å². The lowest BCUT2D eigenvalue weighted by molar-refractivity contribution is -0.143. The summed E-state index contributed by atoms with van der Waals surface area (Å²) in [5.41, 5.74) is 7.67. The summed E-state index contributed by atoms with van der Waals surface area (Å²) in [7, 11) is 0. The molecule has 0 spiro atoms. The van der Waals surface area contributed by atoms with Crippen molar-refractivity contribution in [2.75, 3.05) is 18.6 Å². The van der Waals surface area contributed by atoms with Crippen LogP contribution in [0.5, 0.6) is 0 Å². The summed E-state index contributed by atoms with van der Waals surface area (Å²) in [6, 6.07) is 3.08. The molecule has 0 saturated carbocycles. The fraction of sp³-hybridized carbons (Fsp3) is 0.500. The van der Waals surface area contributed by atoms with Crippen LogP contribution < -0.4 is 21.7 Å². The van der Waals surface area contributed by atoms with Crippen LogP contribution in [-0.4, -0.2) is 81.7 Å². The van der Waals surface area contributed by atoms with Gasteiger partial charge in [-0.15, -0.1) is 0 Å². The number of nitrogens with two attached hydrogens (primary N) is 1. The molecule has 8 N–H and O–H groups in total. The first-order valence-electron chi connectivity index (χ1n) is 11.6. The standard InChI is InChI=1S/C24H35N5O6S/c1-13(2)20(23(33)28-19(12-30)24(34)35)29-22(32)18(27-21(31)16(25)8-9-36-3)10-14-11-26-17-7-5-4-6-15(14)17/h4-7,11,13,16,18-20,26,30H,8-10,12,25H2,1-3H3,(H,27,31)(H,28,33)(H,29,32)(H,34,35). The third-order valence-corrected chi connectivity index (χ3v) is 6.39. The molecule has 12 heteroatoms. The SMILES string of the molecule is CSCCC(N)C(=O)NC(Cc1c[nH]c2ccccc12)C(=O)NC(C(=O)NC(CO)C(=O)O)C(C)C. The smallest absolute Gasteiger partial charge is 0.328 e. The van der Waals surface area contributed by atoms with Gasteiger partial charge in [-0.1, -0.05) is 32.0 Å². The Hall–Kier alpha value is -3.09. The number of rotatable bonds is 14. The van der Waals surface area contributed by atoms with E-state index in [2.05, 4.69) is 20.9 Å². The topological polar surface area (TPSA) is 187 Å². The first-order chi connectivity index (χ1) is 17.1. The Morgan fingerprint density at radius 2 is 1.69 bits per heavy atom. The Morgan fingerprint density at radius 1 is 1.03 bits per heavy atom. The minimum Gasteiger partial charge on any atom is -0.480 e. The molecule has 2 aromatic rings. The lowest BCUT2D eigenvalue weighted by atomic mass is 10.00. The van der Waals surface area contributed by atoms with Gasteiger partial charge in [-0.3, -0.25) is 14.4 Å². The van der Waals surface area contributed by atoms with Gasteiger partial charge in [-0.25, -0.2) is 4.79 Å². The van der Waals surface area contributed by atoms with Crippen LogP contribution in [0.4, 0.5) is 0 Å². The minimum absolute atomic E-state index is 0.137. The minimum atomic E-state index is -1.51. The number of benzene rings is 1. The molecule has 0 radical (unpaired) electrons. The summed E-state index contributed by atoms with van der Waals surface area (Å²) < 4.78 is 0. The van der Waals surface area contributed by atoms with Gasteiger partial charge in [-0.05, 0) is 36.0 Å². The molecule has 1 aromatic heterocycles. The van der Waals surface area contributed by atoms with Crippen LogP contribution >= 0.6 is 11.8 Å². The molecule has 4 atom stereocenters. The molecule has 0 bridgehead atoms. The van der Waals surface area contributed by atoms with E-state index in [1.807, 2.05) is 30.5 Å². The number of hydrogen-bond donors (Lipinski definition) is 7. The average Bonchev–Trinajstić information content (AvgIpc) is 3.25. The van der Waals surface area contributed by atoms with E-state index in [9.17, 15) is 24.3 Å². The number of fused-ring (bicyclic) bond motifs is 1. The van der Waals surface area contributed by atoms with Gasteiger partial charge < -0.3 is 36.9 Å². The van der Waals surface area contributed by atoms with Gasteiger partial charge >= 0.3 is 5.97 Å². The summed E-state index contributed by atoms with van der Waals surface area (Å²) in [5, 5.41) is 26.8. The summed E-state index contributed by atoms with van der Waals surface area (Å²) in [6.45, 7) is 2.57. The zero-order valence-electron chi connectivity index (χ0n) is 20.6. The van der Waals surface area contributed by atoms with Crippen molar-refractivity contribution >= 4 is 46.4 Å². The second-order valence-corrected chi connectivity index (χ2v) is 9.81. The molecule has 1 heterocycles. The van der Waals surface area contributed by atoms with Gasteiger partial charge in [0.05, 0.1) is 12.6 Å². The number of hydrogen-bond acceptors (Lipinski definition) is 7. The summed E-state index contributed by atoms with van der Waals surface area (Å²) >= 11 is 1.55. The van der Waals surface area contributed by atoms with E-state index in [4.69, 9.17) is 10.8 Å². The largest absolute Gasteiger partial charge is 0.480 e. The van der Waals surface area contributed by atoms with Crippen LogP contribution in [0.25, 0.3) is 10.9 Å². The third-order valence-electron chi connectivity index (χ3n) is 5.75. The maximum atomic E-state index is 13.4. The number of aromatic amines is 1. The van der Waals surface area contributed by atoms with Crippen molar-refractivity contribution in [1.29, 1.82) is 0 Å². The Morgan fingerprint density at radius 3 is 2.31 bits per heavy atom. The van der Waals surface area contributed by atoms with Crippen molar-refractivity contribution in [3.8, 4) is 0 Å². The molecule has 0 aliphatic heterocycles. The van der Waals surface area contributed by atoms with E-state index in [1.165, 1.54) is 0 Å². The molecule has 11 nitrogen and oxygen atoms in total. The molecule has 198 valence electrons. The zero-order chi connectivity index (χ0) is 26.8. The van der Waals surface area contributed by atoms with Crippen LogP contribution in [0.1, 0.15) is 25.8 Å².